The van der Waals surface area contributed by atoms with Crippen molar-refractivity contribution in [1.29, 1.82) is 0 Å². The van der Waals surface area contributed by atoms with E-state index in [1.54, 1.807) is 25.1 Å². The van der Waals surface area contributed by atoms with Gasteiger partial charge in [0, 0.05) is 12.2 Å². The summed E-state index contributed by atoms with van der Waals surface area (Å²) in [6.07, 6.45) is 1.27. The molecule has 3 amide bonds. The van der Waals surface area contributed by atoms with Crippen molar-refractivity contribution in [3.63, 3.8) is 0 Å². The first-order valence-corrected chi connectivity index (χ1v) is 9.94. The Balaban J connectivity index is 1.32. The van der Waals surface area contributed by atoms with Gasteiger partial charge in [0.15, 0.2) is 6.10 Å². The maximum absolute atomic E-state index is 12.9. The number of fused-ring (bicyclic) bond motifs is 3. The van der Waals surface area contributed by atoms with Crippen molar-refractivity contribution >= 4 is 23.3 Å². The van der Waals surface area contributed by atoms with Crippen molar-refractivity contribution in [2.24, 2.45) is 0 Å². The highest BCUT2D eigenvalue weighted by Gasteiger charge is 2.44. The van der Waals surface area contributed by atoms with Gasteiger partial charge in [-0.1, -0.05) is 24.3 Å². The predicted octanol–water partition coefficient (Wildman–Crippen LogP) is 3.46. The number of hydrogen-bond donors (Lipinski definition) is 2. The van der Waals surface area contributed by atoms with E-state index in [1.165, 1.54) is 11.1 Å². The molecular formula is C22H23N3O4. The average molecular weight is 393 g/mol. The van der Waals surface area contributed by atoms with Crippen LogP contribution in [0.25, 0.3) is 0 Å². The molecule has 2 aromatic rings. The summed E-state index contributed by atoms with van der Waals surface area (Å²) in [6, 6.07) is 13.3. The van der Waals surface area contributed by atoms with Gasteiger partial charge in [0.2, 0.25) is 0 Å². The Hall–Kier alpha value is -3.06. The number of rotatable bonds is 1. The highest BCUT2D eigenvalue weighted by atomic mass is 16.5. The minimum absolute atomic E-state index is 0.173. The fraction of sp³-hybridized carbons (Fsp3) is 0.364. The third-order valence-electron chi connectivity index (χ3n) is 5.92. The molecular weight excluding hydrogens is 370 g/mol. The summed E-state index contributed by atoms with van der Waals surface area (Å²) >= 11 is 0. The van der Waals surface area contributed by atoms with Crippen molar-refractivity contribution in [2.75, 3.05) is 23.7 Å². The number of carbonyl (C=O) groups excluding carboxylic acids is 2. The predicted molar refractivity (Wildman–Crippen MR) is 108 cm³/mol. The molecule has 3 aliphatic heterocycles. The summed E-state index contributed by atoms with van der Waals surface area (Å²) in [5, 5.41) is 5.75. The molecule has 29 heavy (non-hydrogen) atoms. The standard InChI is InChI=1S/C22H23N3O4/c1-14-20(26)24-18-11-16(7-8-19(18)29-14)23-21(27)25-10-4-9-22(13-25)17-6-3-2-5-15(17)12-28-22/h2-3,5-8,11,14H,4,9-10,12-13H2,1H3,(H,23,27)(H,24,26). The number of carbonyl (C=O) groups is 2. The van der Waals surface area contributed by atoms with E-state index in [0.29, 0.717) is 36.8 Å². The van der Waals surface area contributed by atoms with Crippen LogP contribution in [0.15, 0.2) is 42.5 Å². The SMILES string of the molecule is CC1Oc2ccc(NC(=O)N3CCCC4(C3)OCc3ccccc34)cc2NC1=O. The van der Waals surface area contributed by atoms with Crippen LogP contribution in [0.2, 0.25) is 0 Å². The van der Waals surface area contributed by atoms with Crippen LogP contribution in [0.3, 0.4) is 0 Å². The lowest BCUT2D eigenvalue weighted by molar-refractivity contribution is -0.122. The number of benzene rings is 2. The van der Waals surface area contributed by atoms with Gasteiger partial charge >= 0.3 is 6.03 Å². The summed E-state index contributed by atoms with van der Waals surface area (Å²) in [6.45, 7) is 3.50. The van der Waals surface area contributed by atoms with Gasteiger partial charge in [0.1, 0.15) is 11.4 Å². The van der Waals surface area contributed by atoms with Crippen LogP contribution in [0.5, 0.6) is 5.75 Å². The van der Waals surface area contributed by atoms with E-state index in [2.05, 4.69) is 22.8 Å². The summed E-state index contributed by atoms with van der Waals surface area (Å²) in [5.74, 6) is 0.402. The lowest BCUT2D eigenvalue weighted by Gasteiger charge is -2.40. The number of nitrogens with one attached hydrogen (secondary N) is 2. The third kappa shape index (κ3) is 3.11. The molecule has 5 rings (SSSR count). The molecule has 0 bridgehead atoms. The van der Waals surface area contributed by atoms with E-state index >= 15 is 0 Å². The van der Waals surface area contributed by atoms with Crippen molar-refractivity contribution < 1.29 is 19.1 Å². The Kier molecular flexibility index (Phi) is 4.20. The largest absolute Gasteiger partial charge is 0.479 e. The number of ether oxygens (including phenoxy) is 2. The lowest BCUT2D eigenvalue weighted by Crippen LogP contribution is -2.49. The van der Waals surface area contributed by atoms with E-state index in [0.717, 1.165) is 12.8 Å². The zero-order valence-corrected chi connectivity index (χ0v) is 16.2. The molecule has 1 saturated heterocycles. The summed E-state index contributed by atoms with van der Waals surface area (Å²) < 4.78 is 11.8. The van der Waals surface area contributed by atoms with Crippen LogP contribution in [0.4, 0.5) is 16.2 Å². The molecule has 2 aromatic carbocycles. The molecule has 2 unspecified atom stereocenters. The van der Waals surface area contributed by atoms with E-state index in [4.69, 9.17) is 9.47 Å². The fourth-order valence-electron chi connectivity index (χ4n) is 4.41. The molecule has 7 nitrogen and oxygen atoms in total. The van der Waals surface area contributed by atoms with Crippen molar-refractivity contribution in [3.8, 4) is 5.75 Å². The summed E-state index contributed by atoms with van der Waals surface area (Å²) in [4.78, 5) is 26.6. The number of nitrogens with zero attached hydrogens (tertiary/aromatic N) is 1. The molecule has 0 radical (unpaired) electrons. The quantitative estimate of drug-likeness (QED) is 0.778. The molecule has 3 aliphatic rings. The zero-order valence-electron chi connectivity index (χ0n) is 16.2. The number of likely N-dealkylation sites (tertiary alicyclic amines) is 1. The Bertz CT molecular complexity index is 988. The number of anilines is 2. The smallest absolute Gasteiger partial charge is 0.321 e. The van der Waals surface area contributed by atoms with E-state index in [-0.39, 0.29) is 11.9 Å². The Morgan fingerprint density at radius 1 is 1.28 bits per heavy atom. The van der Waals surface area contributed by atoms with Crippen molar-refractivity contribution in [3.05, 3.63) is 53.6 Å². The highest BCUT2D eigenvalue weighted by molar-refractivity contribution is 5.99. The Morgan fingerprint density at radius 3 is 3.03 bits per heavy atom. The maximum Gasteiger partial charge on any atom is 0.321 e. The zero-order chi connectivity index (χ0) is 20.0. The van der Waals surface area contributed by atoms with Crippen LogP contribution in [0.1, 0.15) is 30.9 Å². The number of piperidine rings is 1. The van der Waals surface area contributed by atoms with Gasteiger partial charge in [0.05, 0.1) is 18.8 Å². The Morgan fingerprint density at radius 2 is 2.14 bits per heavy atom. The van der Waals surface area contributed by atoms with Gasteiger partial charge in [-0.15, -0.1) is 0 Å². The third-order valence-corrected chi connectivity index (χ3v) is 5.92. The lowest BCUT2D eigenvalue weighted by atomic mass is 9.85. The van der Waals surface area contributed by atoms with Gasteiger partial charge in [-0.2, -0.15) is 0 Å². The van der Waals surface area contributed by atoms with Gasteiger partial charge < -0.3 is 25.0 Å². The molecule has 0 aliphatic carbocycles. The van der Waals surface area contributed by atoms with Crippen molar-refractivity contribution in [1.82, 2.24) is 4.90 Å². The normalized spacial score (nSPS) is 25.1. The first-order valence-electron chi connectivity index (χ1n) is 9.94. The molecule has 0 saturated carbocycles. The minimum atomic E-state index is -0.526. The van der Waals surface area contributed by atoms with E-state index in [1.807, 2.05) is 17.0 Å². The van der Waals surface area contributed by atoms with E-state index < -0.39 is 11.7 Å². The second-order valence-corrected chi connectivity index (χ2v) is 7.86. The second-order valence-electron chi connectivity index (χ2n) is 7.86. The summed E-state index contributed by atoms with van der Waals surface area (Å²) in [5.41, 5.74) is 3.16. The molecule has 150 valence electrons. The fourth-order valence-corrected chi connectivity index (χ4v) is 4.41. The average Bonchev–Trinajstić information content (AvgIpc) is 3.07. The molecule has 7 heteroatoms. The first-order chi connectivity index (χ1) is 14.0. The Labute approximate surface area is 169 Å². The van der Waals surface area contributed by atoms with Gasteiger partial charge in [-0.3, -0.25) is 4.79 Å². The molecule has 2 atom stereocenters. The minimum Gasteiger partial charge on any atom is -0.479 e. The topological polar surface area (TPSA) is 79.9 Å². The number of urea groups is 1. The molecule has 1 fully saturated rings. The summed E-state index contributed by atoms with van der Waals surface area (Å²) in [7, 11) is 0. The molecule has 1 spiro atoms. The first kappa shape index (κ1) is 18.0. The number of hydrogen-bond acceptors (Lipinski definition) is 4. The number of amides is 3. The molecule has 0 aromatic heterocycles. The van der Waals surface area contributed by atoms with Gasteiger partial charge in [-0.25, -0.2) is 4.79 Å². The molecule has 2 N–H and O–H groups in total. The van der Waals surface area contributed by atoms with Gasteiger partial charge in [0.25, 0.3) is 5.91 Å². The van der Waals surface area contributed by atoms with Crippen LogP contribution in [-0.4, -0.2) is 36.0 Å². The molecule has 3 heterocycles. The van der Waals surface area contributed by atoms with Crippen LogP contribution in [-0.2, 0) is 21.7 Å². The highest BCUT2D eigenvalue weighted by Crippen LogP contribution is 2.43. The second kappa shape index (κ2) is 6.77. The van der Waals surface area contributed by atoms with Crippen LogP contribution >= 0.6 is 0 Å². The maximum atomic E-state index is 12.9. The van der Waals surface area contributed by atoms with Gasteiger partial charge in [-0.05, 0) is 49.1 Å². The van der Waals surface area contributed by atoms with E-state index in [9.17, 15) is 9.59 Å². The van der Waals surface area contributed by atoms with Crippen molar-refractivity contribution in [2.45, 2.75) is 38.1 Å². The monoisotopic (exact) mass is 393 g/mol. The van der Waals surface area contributed by atoms with Crippen LogP contribution < -0.4 is 15.4 Å². The van der Waals surface area contributed by atoms with Crippen LogP contribution in [0, 0.1) is 0 Å².